The molecule has 0 aromatic carbocycles. The first-order chi connectivity index (χ1) is 6.27. The van der Waals surface area contributed by atoms with E-state index >= 15 is 0 Å². The van der Waals surface area contributed by atoms with Gasteiger partial charge in [0.15, 0.2) is 0 Å². The second-order valence-corrected chi connectivity index (χ2v) is 3.13. The van der Waals surface area contributed by atoms with Crippen molar-refractivity contribution in [1.82, 2.24) is 4.72 Å². The fourth-order valence-corrected chi connectivity index (χ4v) is 0.916. The highest BCUT2D eigenvalue weighted by molar-refractivity contribution is 7.84. The zero-order valence-corrected chi connectivity index (χ0v) is 7.76. The summed E-state index contributed by atoms with van der Waals surface area (Å²) >= 11 is 0. The predicted molar refractivity (Wildman–Crippen MR) is 42.5 cm³/mol. The summed E-state index contributed by atoms with van der Waals surface area (Å²) in [5, 5.41) is 0. The lowest BCUT2D eigenvalue weighted by molar-refractivity contribution is -0.272. The van der Waals surface area contributed by atoms with Crippen LogP contribution in [0, 0.1) is 0 Å². The third-order valence-corrected chi connectivity index (χ3v) is 1.56. The molecule has 0 radical (unpaired) electrons. The maximum atomic E-state index is 11.4. The summed E-state index contributed by atoms with van der Waals surface area (Å²) in [5.74, 6) is 0. The molecular weight excluding hydrogens is 225 g/mol. The third-order valence-electron chi connectivity index (χ3n) is 0.726. The second-order valence-electron chi connectivity index (χ2n) is 1.82. The molecule has 9 heteroatoms. The van der Waals surface area contributed by atoms with Crippen LogP contribution in [-0.4, -0.2) is 21.0 Å². The van der Waals surface area contributed by atoms with E-state index in [0.29, 0.717) is 6.20 Å². The van der Waals surface area contributed by atoms with E-state index in [1.807, 2.05) is 0 Å². The van der Waals surface area contributed by atoms with Gasteiger partial charge in [0.05, 0.1) is 0 Å². The fraction of sp³-hybridized carbons (Fsp3) is 0.400. The molecule has 0 aliphatic heterocycles. The van der Waals surface area contributed by atoms with Crippen LogP contribution in [0.1, 0.15) is 6.92 Å². The van der Waals surface area contributed by atoms with E-state index < -0.39 is 16.7 Å². The molecule has 1 N–H and O–H groups in total. The van der Waals surface area contributed by atoms with Crippen molar-refractivity contribution < 1.29 is 25.8 Å². The SMILES string of the molecule is C/C=N\C=C/NS(=O)(=O)OC(F)(F)F. The summed E-state index contributed by atoms with van der Waals surface area (Å²) in [6, 6.07) is 0. The van der Waals surface area contributed by atoms with Crippen LogP contribution in [0.3, 0.4) is 0 Å². The first kappa shape index (κ1) is 12.9. The highest BCUT2D eigenvalue weighted by Gasteiger charge is 2.36. The highest BCUT2D eigenvalue weighted by atomic mass is 32.2. The Labute approximate surface area is 78.5 Å². The zero-order chi connectivity index (χ0) is 11.2. The molecule has 0 atom stereocenters. The number of hydrogen-bond donors (Lipinski definition) is 1. The van der Waals surface area contributed by atoms with Gasteiger partial charge in [0, 0.05) is 18.6 Å². The summed E-state index contributed by atoms with van der Waals surface area (Å²) in [5.41, 5.74) is 0. The van der Waals surface area contributed by atoms with Crippen molar-refractivity contribution in [3.63, 3.8) is 0 Å². The average molecular weight is 232 g/mol. The van der Waals surface area contributed by atoms with Crippen LogP contribution in [0.15, 0.2) is 17.4 Å². The Balaban J connectivity index is 4.23. The molecule has 0 bridgehead atoms. The number of alkyl halides is 3. The van der Waals surface area contributed by atoms with E-state index in [1.54, 1.807) is 6.92 Å². The number of rotatable bonds is 4. The Morgan fingerprint density at radius 3 is 2.43 bits per heavy atom. The molecule has 0 unspecified atom stereocenters. The Bertz CT molecular complexity index is 320. The molecule has 0 heterocycles. The topological polar surface area (TPSA) is 67.8 Å². The monoisotopic (exact) mass is 232 g/mol. The molecule has 0 spiro atoms. The molecule has 0 amide bonds. The minimum absolute atomic E-state index is 0.696. The van der Waals surface area contributed by atoms with E-state index in [1.165, 1.54) is 10.9 Å². The number of nitrogens with zero attached hydrogens (tertiary/aromatic N) is 1. The van der Waals surface area contributed by atoms with Crippen LogP contribution in [0.4, 0.5) is 13.2 Å². The maximum absolute atomic E-state index is 11.4. The van der Waals surface area contributed by atoms with Crippen molar-refractivity contribution in [1.29, 1.82) is 0 Å². The fourth-order valence-electron chi connectivity index (χ4n) is 0.391. The summed E-state index contributed by atoms with van der Waals surface area (Å²) in [6.45, 7) is 1.55. The first-order valence-electron chi connectivity index (χ1n) is 3.19. The van der Waals surface area contributed by atoms with Crippen LogP contribution in [-0.2, 0) is 14.5 Å². The Hall–Kier alpha value is -1.09. The smallest absolute Gasteiger partial charge is 0.268 e. The minimum Gasteiger partial charge on any atom is -0.268 e. The van der Waals surface area contributed by atoms with Crippen molar-refractivity contribution in [2.45, 2.75) is 13.3 Å². The highest BCUT2D eigenvalue weighted by Crippen LogP contribution is 2.18. The number of halogens is 3. The van der Waals surface area contributed by atoms with Crippen LogP contribution >= 0.6 is 0 Å². The number of aliphatic imine (C=N–C) groups is 1. The first-order valence-corrected chi connectivity index (χ1v) is 4.60. The Kier molecular flexibility index (Phi) is 4.57. The van der Waals surface area contributed by atoms with Gasteiger partial charge < -0.3 is 0 Å². The normalized spacial score (nSPS) is 14.0. The Morgan fingerprint density at radius 2 is 2.00 bits per heavy atom. The van der Waals surface area contributed by atoms with Crippen molar-refractivity contribution in [2.24, 2.45) is 4.99 Å². The second kappa shape index (κ2) is 4.96. The summed E-state index contributed by atoms with van der Waals surface area (Å²) < 4.78 is 59.3. The van der Waals surface area contributed by atoms with Gasteiger partial charge >= 0.3 is 16.7 Å². The Morgan fingerprint density at radius 1 is 1.43 bits per heavy atom. The minimum atomic E-state index is -5.24. The molecule has 0 aliphatic rings. The lowest BCUT2D eigenvalue weighted by atomic mass is 10.8. The van der Waals surface area contributed by atoms with Gasteiger partial charge in [-0.05, 0) is 6.92 Å². The van der Waals surface area contributed by atoms with Gasteiger partial charge in [-0.2, -0.15) is 12.6 Å². The van der Waals surface area contributed by atoms with Gasteiger partial charge in [0.2, 0.25) is 0 Å². The van der Waals surface area contributed by atoms with Crippen molar-refractivity contribution in [2.75, 3.05) is 0 Å². The molecular formula is C5H7F3N2O3S. The van der Waals surface area contributed by atoms with Crippen molar-refractivity contribution >= 4 is 16.5 Å². The van der Waals surface area contributed by atoms with Gasteiger partial charge in [-0.1, -0.05) is 0 Å². The molecule has 0 aromatic rings. The van der Waals surface area contributed by atoms with Crippen LogP contribution in [0.5, 0.6) is 0 Å². The lowest BCUT2D eigenvalue weighted by Gasteiger charge is -2.06. The molecule has 0 saturated carbocycles. The van der Waals surface area contributed by atoms with Gasteiger partial charge in [0.1, 0.15) is 0 Å². The van der Waals surface area contributed by atoms with E-state index in [4.69, 9.17) is 0 Å². The van der Waals surface area contributed by atoms with Crippen molar-refractivity contribution in [3.05, 3.63) is 12.4 Å². The summed E-state index contributed by atoms with van der Waals surface area (Å²) in [4.78, 5) is 3.40. The van der Waals surface area contributed by atoms with Gasteiger partial charge in [-0.25, -0.2) is 0 Å². The summed E-state index contributed by atoms with van der Waals surface area (Å²) in [7, 11) is -4.86. The largest absolute Gasteiger partial charge is 0.538 e. The van der Waals surface area contributed by atoms with E-state index in [2.05, 4.69) is 9.18 Å². The number of nitrogens with one attached hydrogen (secondary N) is 1. The summed E-state index contributed by atoms with van der Waals surface area (Å²) in [6.07, 6.45) is -2.28. The van der Waals surface area contributed by atoms with Crippen LogP contribution in [0.25, 0.3) is 0 Å². The predicted octanol–water partition coefficient (Wildman–Crippen LogP) is 0.919. The van der Waals surface area contributed by atoms with Gasteiger partial charge in [0.25, 0.3) is 0 Å². The standard InChI is InChI=1S/C5H7F3N2O3S/c1-2-9-3-4-10-14(11,12)13-5(6,7)8/h2-4,10H,1H3/b4-3-,9-2-. The lowest BCUT2D eigenvalue weighted by Crippen LogP contribution is -2.28. The van der Waals surface area contributed by atoms with Crippen LogP contribution in [0.2, 0.25) is 0 Å². The van der Waals surface area contributed by atoms with Gasteiger partial charge in [-0.3, -0.25) is 9.71 Å². The molecule has 5 nitrogen and oxygen atoms in total. The third kappa shape index (κ3) is 7.55. The van der Waals surface area contributed by atoms with E-state index in [0.717, 1.165) is 6.20 Å². The van der Waals surface area contributed by atoms with Crippen molar-refractivity contribution in [3.8, 4) is 0 Å². The zero-order valence-electron chi connectivity index (χ0n) is 6.95. The molecule has 0 rings (SSSR count). The average Bonchev–Trinajstić information content (AvgIpc) is 1.93. The quantitative estimate of drug-likeness (QED) is 0.733. The van der Waals surface area contributed by atoms with E-state index in [9.17, 15) is 21.6 Å². The molecule has 0 saturated heterocycles. The van der Waals surface area contributed by atoms with E-state index in [-0.39, 0.29) is 0 Å². The molecule has 14 heavy (non-hydrogen) atoms. The molecule has 82 valence electrons. The molecule has 0 aromatic heterocycles. The maximum Gasteiger partial charge on any atom is 0.538 e. The van der Waals surface area contributed by atoms with Crippen LogP contribution < -0.4 is 4.72 Å². The molecule has 0 fully saturated rings. The van der Waals surface area contributed by atoms with Gasteiger partial charge in [-0.15, -0.1) is 13.2 Å². The number of hydrogen-bond acceptors (Lipinski definition) is 4. The molecule has 0 aliphatic carbocycles.